The van der Waals surface area contributed by atoms with Crippen LogP contribution in [0, 0.1) is 0 Å². The van der Waals surface area contributed by atoms with E-state index in [9.17, 15) is 9.36 Å². The van der Waals surface area contributed by atoms with Crippen LogP contribution in [-0.2, 0) is 27.8 Å². The summed E-state index contributed by atoms with van der Waals surface area (Å²) in [7, 11) is -0.00724. The molecule has 0 heterocycles. The highest BCUT2D eigenvalue weighted by atomic mass is 31.2. The van der Waals surface area contributed by atoms with Gasteiger partial charge in [0.25, 0.3) is 0 Å². The first kappa shape index (κ1) is 19.1. The highest BCUT2D eigenvalue weighted by Crippen LogP contribution is 2.52. The molecule has 7 nitrogen and oxygen atoms in total. The molecular weight excluding hydrogens is 287 g/mol. The number of rotatable bonds is 10. The molecule has 0 spiro atoms. The Morgan fingerprint density at radius 1 is 1.25 bits per heavy atom. The third-order valence-corrected chi connectivity index (χ3v) is 4.28. The number of ether oxygens (including phenoxy) is 3. The van der Waals surface area contributed by atoms with Crippen molar-refractivity contribution < 1.29 is 32.6 Å². The standard InChI is InChI=1S/C12H23O7P/c1-5-6-9-18-10-7-8-11(19-12(13)15-2)20(14,16-3)17-4/h7-8,11H,5-6,9-10H2,1-4H3/b8-7+. The lowest BCUT2D eigenvalue weighted by Crippen LogP contribution is -2.18. The molecule has 118 valence electrons. The van der Waals surface area contributed by atoms with Crippen molar-refractivity contribution in [3.8, 4) is 0 Å². The Hall–Kier alpha value is -0.880. The summed E-state index contributed by atoms with van der Waals surface area (Å²) in [6, 6.07) is 0. The Labute approximate surface area is 119 Å². The van der Waals surface area contributed by atoms with Gasteiger partial charge in [0.05, 0.1) is 13.7 Å². The monoisotopic (exact) mass is 310 g/mol. The van der Waals surface area contributed by atoms with E-state index in [4.69, 9.17) is 18.5 Å². The summed E-state index contributed by atoms with van der Waals surface area (Å²) in [5.74, 6) is -1.18. The minimum Gasteiger partial charge on any atom is -0.438 e. The van der Waals surface area contributed by atoms with Crippen LogP contribution in [0.15, 0.2) is 12.2 Å². The van der Waals surface area contributed by atoms with E-state index in [1.54, 1.807) is 6.08 Å². The molecule has 0 aromatic rings. The van der Waals surface area contributed by atoms with Crippen LogP contribution < -0.4 is 0 Å². The van der Waals surface area contributed by atoms with E-state index < -0.39 is 19.6 Å². The fourth-order valence-corrected chi connectivity index (χ4v) is 2.32. The summed E-state index contributed by atoms with van der Waals surface area (Å²) >= 11 is 0. The third-order valence-electron chi connectivity index (χ3n) is 2.36. The average molecular weight is 310 g/mol. The van der Waals surface area contributed by atoms with Crippen LogP contribution >= 0.6 is 7.60 Å². The molecule has 0 aromatic heterocycles. The largest absolute Gasteiger partial charge is 0.509 e. The van der Waals surface area contributed by atoms with Crippen molar-refractivity contribution in [3.63, 3.8) is 0 Å². The molecule has 0 fully saturated rings. The van der Waals surface area contributed by atoms with Crippen molar-refractivity contribution in [2.75, 3.05) is 34.5 Å². The first-order valence-corrected chi connectivity index (χ1v) is 7.85. The lowest BCUT2D eigenvalue weighted by atomic mass is 10.4. The van der Waals surface area contributed by atoms with Gasteiger partial charge in [0.2, 0.25) is 5.85 Å². The van der Waals surface area contributed by atoms with Gasteiger partial charge in [-0.05, 0) is 12.5 Å². The van der Waals surface area contributed by atoms with E-state index in [1.165, 1.54) is 20.3 Å². The first-order valence-electron chi connectivity index (χ1n) is 6.24. The number of carbonyl (C=O) groups excluding carboxylic acids is 1. The Bertz CT molecular complexity index is 335. The normalized spacial score (nSPS) is 13.4. The van der Waals surface area contributed by atoms with Crippen LogP contribution in [0.2, 0.25) is 0 Å². The highest BCUT2D eigenvalue weighted by Gasteiger charge is 2.35. The van der Waals surface area contributed by atoms with Crippen molar-refractivity contribution in [2.24, 2.45) is 0 Å². The minimum absolute atomic E-state index is 0.314. The maximum Gasteiger partial charge on any atom is 0.509 e. The van der Waals surface area contributed by atoms with E-state index in [0.29, 0.717) is 13.2 Å². The molecule has 0 aliphatic rings. The summed E-state index contributed by atoms with van der Waals surface area (Å²) in [5, 5.41) is 0. The van der Waals surface area contributed by atoms with E-state index in [1.807, 2.05) is 0 Å². The van der Waals surface area contributed by atoms with Gasteiger partial charge in [-0.3, -0.25) is 4.57 Å². The van der Waals surface area contributed by atoms with Crippen LogP contribution in [0.1, 0.15) is 19.8 Å². The molecule has 0 aliphatic carbocycles. The second kappa shape index (κ2) is 10.9. The predicted octanol–water partition coefficient (Wildman–Crippen LogP) is 2.95. The molecule has 0 saturated heterocycles. The maximum absolute atomic E-state index is 12.2. The summed E-state index contributed by atoms with van der Waals surface area (Å²) in [6.45, 7) is 3.01. The summed E-state index contributed by atoms with van der Waals surface area (Å²) < 4.78 is 36.3. The van der Waals surface area contributed by atoms with Gasteiger partial charge >= 0.3 is 13.8 Å². The first-order chi connectivity index (χ1) is 9.53. The lowest BCUT2D eigenvalue weighted by Gasteiger charge is -2.20. The Morgan fingerprint density at radius 2 is 1.90 bits per heavy atom. The topological polar surface area (TPSA) is 80.3 Å². The molecule has 0 saturated carbocycles. The molecular formula is C12H23O7P. The van der Waals surface area contributed by atoms with Crippen molar-refractivity contribution in [1.82, 2.24) is 0 Å². The van der Waals surface area contributed by atoms with E-state index in [2.05, 4.69) is 11.7 Å². The zero-order valence-electron chi connectivity index (χ0n) is 12.4. The fraction of sp³-hybridized carbons (Fsp3) is 0.750. The molecule has 0 amide bonds. The Kier molecular flexibility index (Phi) is 10.4. The van der Waals surface area contributed by atoms with Gasteiger partial charge in [0, 0.05) is 20.8 Å². The molecule has 1 unspecified atom stereocenters. The molecule has 0 rings (SSSR count). The third kappa shape index (κ3) is 7.05. The van der Waals surface area contributed by atoms with Crippen LogP contribution in [-0.4, -0.2) is 46.5 Å². The van der Waals surface area contributed by atoms with Crippen molar-refractivity contribution >= 4 is 13.8 Å². The molecule has 20 heavy (non-hydrogen) atoms. The van der Waals surface area contributed by atoms with Crippen LogP contribution in [0.3, 0.4) is 0 Å². The zero-order valence-corrected chi connectivity index (χ0v) is 13.3. The maximum atomic E-state index is 12.2. The smallest absolute Gasteiger partial charge is 0.438 e. The van der Waals surface area contributed by atoms with Gasteiger partial charge in [-0.1, -0.05) is 19.4 Å². The molecule has 8 heteroatoms. The van der Waals surface area contributed by atoms with Crippen molar-refractivity contribution in [1.29, 1.82) is 0 Å². The highest BCUT2D eigenvalue weighted by molar-refractivity contribution is 7.54. The van der Waals surface area contributed by atoms with Gasteiger partial charge in [-0.2, -0.15) is 0 Å². The zero-order chi connectivity index (χ0) is 15.4. The van der Waals surface area contributed by atoms with Gasteiger partial charge in [-0.15, -0.1) is 0 Å². The molecule has 0 bridgehead atoms. The second-order valence-corrected chi connectivity index (χ2v) is 6.04. The van der Waals surface area contributed by atoms with E-state index in [0.717, 1.165) is 20.0 Å². The summed E-state index contributed by atoms with van der Waals surface area (Å²) in [5.41, 5.74) is 0. The molecule has 0 aliphatic heterocycles. The van der Waals surface area contributed by atoms with Gasteiger partial charge in [-0.25, -0.2) is 4.79 Å². The number of carbonyl (C=O) groups is 1. The number of methoxy groups -OCH3 is 1. The lowest BCUT2D eigenvalue weighted by molar-refractivity contribution is 0.0623. The predicted molar refractivity (Wildman–Crippen MR) is 73.8 cm³/mol. The van der Waals surface area contributed by atoms with Gasteiger partial charge in [0.15, 0.2) is 0 Å². The van der Waals surface area contributed by atoms with Crippen LogP contribution in [0.25, 0.3) is 0 Å². The van der Waals surface area contributed by atoms with Gasteiger partial charge in [0.1, 0.15) is 0 Å². The second-order valence-electron chi connectivity index (χ2n) is 3.72. The summed E-state index contributed by atoms with van der Waals surface area (Å²) in [4.78, 5) is 11.1. The molecule has 0 radical (unpaired) electrons. The van der Waals surface area contributed by atoms with E-state index in [-0.39, 0.29) is 0 Å². The molecule has 0 N–H and O–H groups in total. The van der Waals surface area contributed by atoms with Crippen LogP contribution in [0.4, 0.5) is 4.79 Å². The minimum atomic E-state index is -3.59. The van der Waals surface area contributed by atoms with Crippen molar-refractivity contribution in [3.05, 3.63) is 12.2 Å². The van der Waals surface area contributed by atoms with Crippen LogP contribution in [0.5, 0.6) is 0 Å². The quantitative estimate of drug-likeness (QED) is 0.265. The van der Waals surface area contributed by atoms with E-state index >= 15 is 0 Å². The fourth-order valence-electron chi connectivity index (χ4n) is 1.21. The average Bonchev–Trinajstić information content (AvgIpc) is 2.48. The summed E-state index contributed by atoms with van der Waals surface area (Å²) in [6.07, 6.45) is 4.02. The molecule has 1 atom stereocenters. The molecule has 0 aromatic carbocycles. The SMILES string of the molecule is CCCCOC/C=C/C(OC(=O)OC)P(=O)(OC)OC. The number of unbranched alkanes of at least 4 members (excludes halogenated alkanes) is 1. The Balaban J connectivity index is 4.57. The Morgan fingerprint density at radius 3 is 2.40 bits per heavy atom. The number of hydrogen-bond donors (Lipinski definition) is 0. The van der Waals surface area contributed by atoms with Crippen molar-refractivity contribution in [2.45, 2.75) is 25.6 Å². The number of hydrogen-bond acceptors (Lipinski definition) is 7. The van der Waals surface area contributed by atoms with Gasteiger partial charge < -0.3 is 23.3 Å².